The van der Waals surface area contributed by atoms with E-state index in [-0.39, 0.29) is 34.8 Å². The molecule has 1 aliphatic rings. The minimum absolute atomic E-state index is 0.0476. The number of nitriles is 1. The Kier molecular flexibility index (Phi) is 7.72. The minimum atomic E-state index is -0.666. The molecular formula is C27H29FN6O3. The third-order valence-electron chi connectivity index (χ3n) is 6.43. The van der Waals surface area contributed by atoms with E-state index in [4.69, 9.17) is 20.5 Å². The number of benzene rings is 2. The van der Waals surface area contributed by atoms with Crippen LogP contribution in [0.3, 0.4) is 0 Å². The highest BCUT2D eigenvalue weighted by Gasteiger charge is 2.31. The zero-order valence-corrected chi connectivity index (χ0v) is 21.1. The first-order chi connectivity index (χ1) is 17.9. The Morgan fingerprint density at radius 3 is 2.65 bits per heavy atom. The molecule has 0 radical (unpaired) electrons. The lowest BCUT2D eigenvalue weighted by molar-refractivity contribution is -0.126. The number of carbonyl (C=O) groups excluding carboxylic acids is 1. The molecule has 0 spiro atoms. The van der Waals surface area contributed by atoms with Crippen LogP contribution in [0.1, 0.15) is 30.9 Å². The summed E-state index contributed by atoms with van der Waals surface area (Å²) < 4.78 is 25.7. The maximum Gasteiger partial charge on any atom is 0.246 e. The topological polar surface area (TPSA) is 118 Å². The van der Waals surface area contributed by atoms with Crippen LogP contribution < -0.4 is 20.1 Å². The van der Waals surface area contributed by atoms with Gasteiger partial charge in [0.25, 0.3) is 0 Å². The zero-order chi connectivity index (χ0) is 26.5. The molecule has 1 atom stereocenters. The number of methoxy groups -OCH3 is 2. The van der Waals surface area contributed by atoms with Gasteiger partial charge in [-0.25, -0.2) is 9.37 Å². The molecule has 4 rings (SSSR count). The number of rotatable bonds is 7. The van der Waals surface area contributed by atoms with Crippen LogP contribution in [0.25, 0.3) is 17.0 Å². The van der Waals surface area contributed by atoms with E-state index in [1.54, 1.807) is 47.4 Å². The molecule has 2 aromatic carbocycles. The maximum atomic E-state index is 15.3. The van der Waals surface area contributed by atoms with Gasteiger partial charge in [-0.3, -0.25) is 4.79 Å². The molecule has 2 heterocycles. The summed E-state index contributed by atoms with van der Waals surface area (Å²) in [6.45, 7) is 3.46. The number of anilines is 2. The lowest BCUT2D eigenvalue weighted by atomic mass is 10.1. The average Bonchev–Trinajstić information content (AvgIpc) is 2.92. The summed E-state index contributed by atoms with van der Waals surface area (Å²) in [6.07, 6.45) is 4.95. The molecular weight excluding hydrogens is 475 g/mol. The first-order valence-electron chi connectivity index (χ1n) is 12.0. The van der Waals surface area contributed by atoms with Crippen LogP contribution in [0.2, 0.25) is 0 Å². The van der Waals surface area contributed by atoms with E-state index in [1.807, 2.05) is 4.90 Å². The summed E-state index contributed by atoms with van der Waals surface area (Å²) in [5.41, 5.74) is 7.68. The van der Waals surface area contributed by atoms with Crippen molar-refractivity contribution >= 4 is 34.7 Å². The summed E-state index contributed by atoms with van der Waals surface area (Å²) in [7, 11) is 2.78. The quantitative estimate of drug-likeness (QED) is 0.483. The first-order valence-corrected chi connectivity index (χ1v) is 12.0. The molecule has 10 heteroatoms. The van der Waals surface area contributed by atoms with Gasteiger partial charge in [0.05, 0.1) is 25.9 Å². The second-order valence-electron chi connectivity index (χ2n) is 8.72. The largest absolute Gasteiger partial charge is 0.493 e. The molecule has 0 aliphatic carbocycles. The molecule has 3 aromatic rings. The predicted molar refractivity (Wildman–Crippen MR) is 140 cm³/mol. The van der Waals surface area contributed by atoms with Gasteiger partial charge in [-0.2, -0.15) is 10.2 Å². The molecule has 0 bridgehead atoms. The summed E-state index contributed by atoms with van der Waals surface area (Å²) in [4.78, 5) is 25.7. The molecule has 0 unspecified atom stereocenters. The highest BCUT2D eigenvalue weighted by Crippen LogP contribution is 2.38. The lowest BCUT2D eigenvalue weighted by Crippen LogP contribution is -2.55. The number of nitrogen functional groups attached to an aromatic ring is 1. The first kappa shape index (κ1) is 25.7. The number of ether oxygens (including phenoxy) is 2. The third kappa shape index (κ3) is 5.26. The molecule has 37 heavy (non-hydrogen) atoms. The van der Waals surface area contributed by atoms with Crippen molar-refractivity contribution in [3.05, 3.63) is 53.4 Å². The predicted octanol–water partition coefficient (Wildman–Crippen LogP) is 3.77. The van der Waals surface area contributed by atoms with E-state index in [0.29, 0.717) is 36.5 Å². The van der Waals surface area contributed by atoms with Gasteiger partial charge in [-0.1, -0.05) is 25.5 Å². The smallest absolute Gasteiger partial charge is 0.246 e. The number of hydrogen-bond donors (Lipinski definition) is 1. The lowest BCUT2D eigenvalue weighted by Gasteiger charge is -2.41. The summed E-state index contributed by atoms with van der Waals surface area (Å²) >= 11 is 0. The zero-order valence-electron chi connectivity index (χ0n) is 21.1. The van der Waals surface area contributed by atoms with Crippen LogP contribution >= 0.6 is 0 Å². The fourth-order valence-corrected chi connectivity index (χ4v) is 4.51. The fourth-order valence-electron chi connectivity index (χ4n) is 4.51. The monoisotopic (exact) mass is 504 g/mol. The van der Waals surface area contributed by atoms with Crippen molar-refractivity contribution in [2.45, 2.75) is 25.8 Å². The van der Waals surface area contributed by atoms with E-state index in [0.717, 1.165) is 18.4 Å². The Bertz CT molecular complexity index is 1370. The Balaban J connectivity index is 1.58. The van der Waals surface area contributed by atoms with Crippen LogP contribution in [0, 0.1) is 17.1 Å². The van der Waals surface area contributed by atoms with Crippen LogP contribution in [-0.2, 0) is 4.79 Å². The number of nitrogens with zero attached hydrogens (tertiary/aromatic N) is 5. The van der Waals surface area contributed by atoms with Crippen molar-refractivity contribution in [1.82, 2.24) is 14.9 Å². The van der Waals surface area contributed by atoms with E-state index in [1.165, 1.54) is 14.2 Å². The van der Waals surface area contributed by atoms with Crippen molar-refractivity contribution < 1.29 is 18.7 Å². The molecule has 1 aliphatic heterocycles. The average molecular weight is 505 g/mol. The van der Waals surface area contributed by atoms with Gasteiger partial charge in [0.2, 0.25) is 11.9 Å². The number of piperazine rings is 1. The van der Waals surface area contributed by atoms with Crippen LogP contribution in [0.4, 0.5) is 16.2 Å². The normalized spacial score (nSPS) is 15.7. The van der Waals surface area contributed by atoms with Crippen molar-refractivity contribution in [3.8, 4) is 17.6 Å². The third-order valence-corrected chi connectivity index (χ3v) is 6.43. The van der Waals surface area contributed by atoms with Crippen molar-refractivity contribution in [1.29, 1.82) is 5.26 Å². The van der Waals surface area contributed by atoms with Gasteiger partial charge in [0.1, 0.15) is 11.3 Å². The molecule has 192 valence electrons. The van der Waals surface area contributed by atoms with Crippen molar-refractivity contribution in [3.63, 3.8) is 0 Å². The number of carbonyl (C=O) groups is 1. The fraction of sp³-hybridized carbons (Fsp3) is 0.333. The van der Waals surface area contributed by atoms with E-state index in [2.05, 4.69) is 23.0 Å². The molecule has 1 amide bonds. The SMILES string of the molecule is CCC[C@H]1CN(C(=O)C=Cc2ccc(C#N)cc2)CCN1c1nc(N)c2cc(OC)c(OC)c(F)c2n1. The Hall–Kier alpha value is -4.39. The standard InChI is InChI=1S/C27H29FN6O3/c1-4-5-19-16-33(22(35)11-10-17-6-8-18(15-29)9-7-17)12-13-34(19)27-31-24-20(26(30)32-27)14-21(36-2)25(37-3)23(24)28/h6-11,14,19H,4-5,12-13,16H2,1-3H3,(H2,30,31,32)/t19-/m0/s1. The summed E-state index contributed by atoms with van der Waals surface area (Å²) in [5, 5.41) is 9.28. The second-order valence-corrected chi connectivity index (χ2v) is 8.72. The van der Waals surface area contributed by atoms with E-state index in [9.17, 15) is 4.79 Å². The molecule has 9 nitrogen and oxygen atoms in total. The number of fused-ring (bicyclic) bond motifs is 1. The van der Waals surface area contributed by atoms with Crippen LogP contribution in [-0.4, -0.2) is 60.7 Å². The Labute approximate surface area is 214 Å². The second kappa shape index (κ2) is 11.1. The van der Waals surface area contributed by atoms with Gasteiger partial charge in [-0.05, 0) is 36.3 Å². The Morgan fingerprint density at radius 1 is 1.24 bits per heavy atom. The number of nitrogens with two attached hydrogens (primary N) is 1. The molecule has 0 saturated carbocycles. The highest BCUT2D eigenvalue weighted by molar-refractivity contribution is 5.93. The van der Waals surface area contributed by atoms with Gasteiger partial charge in [-0.15, -0.1) is 0 Å². The molecule has 1 saturated heterocycles. The summed E-state index contributed by atoms with van der Waals surface area (Å²) in [6, 6.07) is 10.6. The Morgan fingerprint density at radius 2 is 2.00 bits per heavy atom. The van der Waals surface area contributed by atoms with Crippen LogP contribution in [0.15, 0.2) is 36.4 Å². The number of aromatic nitrogens is 2. The highest BCUT2D eigenvalue weighted by atomic mass is 19.1. The summed E-state index contributed by atoms with van der Waals surface area (Å²) in [5.74, 6) is -0.157. The van der Waals surface area contributed by atoms with Gasteiger partial charge in [0, 0.05) is 37.1 Å². The van der Waals surface area contributed by atoms with Crippen LogP contribution in [0.5, 0.6) is 11.5 Å². The molecule has 1 fully saturated rings. The van der Waals surface area contributed by atoms with Gasteiger partial charge >= 0.3 is 0 Å². The maximum absolute atomic E-state index is 15.3. The minimum Gasteiger partial charge on any atom is -0.493 e. The molecule has 2 N–H and O–H groups in total. The number of hydrogen-bond acceptors (Lipinski definition) is 8. The van der Waals surface area contributed by atoms with E-state index < -0.39 is 5.82 Å². The van der Waals surface area contributed by atoms with Gasteiger partial charge < -0.3 is 25.0 Å². The molecule has 1 aromatic heterocycles. The van der Waals surface area contributed by atoms with Crippen molar-refractivity contribution in [2.24, 2.45) is 0 Å². The van der Waals surface area contributed by atoms with E-state index >= 15 is 4.39 Å². The number of amides is 1. The number of halogens is 1. The van der Waals surface area contributed by atoms with Crippen molar-refractivity contribution in [2.75, 3.05) is 44.5 Å². The van der Waals surface area contributed by atoms with Gasteiger partial charge in [0.15, 0.2) is 17.3 Å².